The second kappa shape index (κ2) is 6.88. The molecule has 4 heteroatoms. The van der Waals surface area contributed by atoms with Crippen molar-refractivity contribution < 1.29 is 9.47 Å². The molecular weight excluding hydrogens is 276 g/mol. The molecule has 1 N–H and O–H groups in total. The molecule has 0 radical (unpaired) electrons. The van der Waals surface area contributed by atoms with Crippen molar-refractivity contribution >= 4 is 0 Å². The van der Waals surface area contributed by atoms with Crippen LogP contribution in [0.4, 0.5) is 0 Å². The lowest BCUT2D eigenvalue weighted by atomic mass is 9.89. The van der Waals surface area contributed by atoms with Crippen LogP contribution in [-0.4, -0.2) is 43.8 Å². The van der Waals surface area contributed by atoms with Crippen molar-refractivity contribution in [1.29, 1.82) is 0 Å². The van der Waals surface area contributed by atoms with E-state index in [9.17, 15) is 0 Å². The van der Waals surface area contributed by atoms with Crippen molar-refractivity contribution in [2.24, 2.45) is 0 Å². The molecule has 1 aromatic rings. The zero-order chi connectivity index (χ0) is 16.3. The largest absolute Gasteiger partial charge is 0.491 e. The minimum atomic E-state index is -0.150. The Balaban J connectivity index is 2.19. The number of fused-ring (bicyclic) bond motifs is 1. The lowest BCUT2D eigenvalue weighted by Gasteiger charge is -2.38. The van der Waals surface area contributed by atoms with E-state index in [4.69, 9.17) is 9.47 Å². The van der Waals surface area contributed by atoms with Gasteiger partial charge in [0.1, 0.15) is 17.1 Å². The number of nitrogens with one attached hydrogen (secondary N) is 1. The normalized spacial score (nSPS) is 19.9. The van der Waals surface area contributed by atoms with Gasteiger partial charge < -0.3 is 19.7 Å². The maximum atomic E-state index is 6.13. The number of benzene rings is 1. The highest BCUT2D eigenvalue weighted by Gasteiger charge is 2.33. The van der Waals surface area contributed by atoms with Gasteiger partial charge in [-0.1, -0.05) is 0 Å². The molecule has 0 aromatic heterocycles. The highest BCUT2D eigenvalue weighted by molar-refractivity contribution is 5.44. The average Bonchev–Trinajstić information content (AvgIpc) is 2.37. The van der Waals surface area contributed by atoms with Crippen LogP contribution < -0.4 is 14.8 Å². The minimum absolute atomic E-state index is 0.150. The molecule has 0 amide bonds. The predicted molar refractivity (Wildman–Crippen MR) is 90.8 cm³/mol. The summed E-state index contributed by atoms with van der Waals surface area (Å²) in [5, 5.41) is 3.67. The first-order valence-corrected chi connectivity index (χ1v) is 8.14. The van der Waals surface area contributed by atoms with Crippen LogP contribution in [0, 0.1) is 0 Å². The lowest BCUT2D eigenvalue weighted by molar-refractivity contribution is 0.0654. The molecule has 1 aliphatic heterocycles. The van der Waals surface area contributed by atoms with Crippen molar-refractivity contribution in [3.8, 4) is 11.5 Å². The molecule has 0 saturated carbocycles. The molecule has 124 valence electrons. The quantitative estimate of drug-likeness (QED) is 0.875. The Labute approximate surface area is 134 Å². The molecule has 0 fully saturated rings. The number of hydrogen-bond donors (Lipinski definition) is 1. The first-order chi connectivity index (χ1) is 10.3. The summed E-state index contributed by atoms with van der Waals surface area (Å²) < 4.78 is 12.0. The van der Waals surface area contributed by atoms with Gasteiger partial charge in [-0.2, -0.15) is 0 Å². The molecule has 4 nitrogen and oxygen atoms in total. The Morgan fingerprint density at radius 2 is 2.09 bits per heavy atom. The highest BCUT2D eigenvalue weighted by atomic mass is 16.5. The van der Waals surface area contributed by atoms with E-state index in [1.165, 1.54) is 5.56 Å². The molecule has 1 atom stereocenters. The van der Waals surface area contributed by atoms with Crippen LogP contribution in [0.25, 0.3) is 0 Å². The van der Waals surface area contributed by atoms with E-state index in [1.54, 1.807) is 0 Å². The molecule has 0 spiro atoms. The number of nitrogens with zero attached hydrogens (tertiary/aromatic N) is 1. The predicted octanol–water partition coefficient (Wildman–Crippen LogP) is 3.23. The van der Waals surface area contributed by atoms with Crippen LogP contribution in [0.1, 0.15) is 45.7 Å². The van der Waals surface area contributed by atoms with Gasteiger partial charge in [-0.15, -0.1) is 0 Å². The third kappa shape index (κ3) is 4.62. The van der Waals surface area contributed by atoms with E-state index in [1.807, 2.05) is 26.0 Å². The third-order valence-corrected chi connectivity index (χ3v) is 3.76. The molecule has 1 aromatic carbocycles. The van der Waals surface area contributed by atoms with Gasteiger partial charge in [0.15, 0.2) is 0 Å². The van der Waals surface area contributed by atoms with Gasteiger partial charge in [0.2, 0.25) is 0 Å². The summed E-state index contributed by atoms with van der Waals surface area (Å²) in [5.74, 6) is 1.88. The van der Waals surface area contributed by atoms with Crippen molar-refractivity contribution in [2.45, 2.75) is 51.9 Å². The molecule has 22 heavy (non-hydrogen) atoms. The Morgan fingerprint density at radius 1 is 1.36 bits per heavy atom. The topological polar surface area (TPSA) is 33.7 Å². The van der Waals surface area contributed by atoms with E-state index >= 15 is 0 Å². The second-order valence-electron chi connectivity index (χ2n) is 7.24. The van der Waals surface area contributed by atoms with E-state index in [-0.39, 0.29) is 11.7 Å². The van der Waals surface area contributed by atoms with E-state index in [0.29, 0.717) is 6.04 Å². The van der Waals surface area contributed by atoms with Crippen LogP contribution in [0.3, 0.4) is 0 Å². The van der Waals surface area contributed by atoms with Crippen molar-refractivity contribution in [3.63, 3.8) is 0 Å². The third-order valence-electron chi connectivity index (χ3n) is 3.76. The first kappa shape index (κ1) is 17.1. The monoisotopic (exact) mass is 306 g/mol. The molecule has 1 unspecified atom stereocenters. The molecule has 2 rings (SSSR count). The van der Waals surface area contributed by atoms with Crippen LogP contribution in [0.5, 0.6) is 11.5 Å². The Bertz CT molecular complexity index is 498. The lowest BCUT2D eigenvalue weighted by Crippen LogP contribution is -2.41. The maximum absolute atomic E-state index is 6.13. The number of ether oxygens (including phenoxy) is 2. The summed E-state index contributed by atoms with van der Waals surface area (Å²) in [5.41, 5.74) is 1.06. The van der Waals surface area contributed by atoms with Crippen LogP contribution in [0.2, 0.25) is 0 Å². The summed E-state index contributed by atoms with van der Waals surface area (Å²) in [4.78, 5) is 2.19. The summed E-state index contributed by atoms with van der Waals surface area (Å²) in [6.45, 7) is 10.4. The van der Waals surface area contributed by atoms with Gasteiger partial charge >= 0.3 is 0 Å². The van der Waals surface area contributed by atoms with Gasteiger partial charge in [-0.25, -0.2) is 0 Å². The molecule has 0 saturated heterocycles. The van der Waals surface area contributed by atoms with Gasteiger partial charge in [-0.3, -0.25) is 0 Å². The van der Waals surface area contributed by atoms with Crippen LogP contribution in [-0.2, 0) is 0 Å². The number of likely N-dealkylation sites (N-methyl/N-ethyl adjacent to an activating group) is 1. The van der Waals surface area contributed by atoms with Gasteiger partial charge in [0.25, 0.3) is 0 Å². The fraction of sp³-hybridized carbons (Fsp3) is 0.667. The zero-order valence-electron chi connectivity index (χ0n) is 14.8. The number of rotatable bonds is 6. The molecule has 0 bridgehead atoms. The summed E-state index contributed by atoms with van der Waals surface area (Å²) in [7, 11) is 4.19. The highest BCUT2D eigenvalue weighted by Crippen LogP contribution is 2.41. The average molecular weight is 306 g/mol. The van der Waals surface area contributed by atoms with Gasteiger partial charge in [0.05, 0.1) is 6.10 Å². The molecular formula is C18H30N2O2. The molecule has 0 aliphatic carbocycles. The summed E-state index contributed by atoms with van der Waals surface area (Å²) in [6, 6.07) is 6.46. The fourth-order valence-electron chi connectivity index (χ4n) is 2.82. The SMILES string of the molecule is CC(C)Oc1ccc2c(c1)C(NCCN(C)C)CC(C)(C)O2. The Kier molecular flexibility index (Phi) is 5.35. The second-order valence-corrected chi connectivity index (χ2v) is 7.24. The zero-order valence-corrected chi connectivity index (χ0v) is 14.8. The standard InChI is InChI=1S/C18H30N2O2/c1-13(2)21-14-7-8-17-15(11-14)16(12-18(3,4)22-17)19-9-10-20(5)6/h7-8,11,13,16,19H,9-10,12H2,1-6H3. The Morgan fingerprint density at radius 3 is 2.73 bits per heavy atom. The van der Waals surface area contributed by atoms with Crippen molar-refractivity contribution in [2.75, 3.05) is 27.2 Å². The molecule has 1 aliphatic rings. The summed E-state index contributed by atoms with van der Waals surface area (Å²) >= 11 is 0. The summed E-state index contributed by atoms with van der Waals surface area (Å²) in [6.07, 6.45) is 1.14. The molecule has 1 heterocycles. The van der Waals surface area contributed by atoms with E-state index < -0.39 is 0 Å². The van der Waals surface area contributed by atoms with Crippen molar-refractivity contribution in [1.82, 2.24) is 10.2 Å². The smallest absolute Gasteiger partial charge is 0.125 e. The number of hydrogen-bond acceptors (Lipinski definition) is 4. The Hall–Kier alpha value is -1.26. The van der Waals surface area contributed by atoms with Gasteiger partial charge in [0, 0.05) is 31.1 Å². The first-order valence-electron chi connectivity index (χ1n) is 8.14. The van der Waals surface area contributed by atoms with Crippen LogP contribution >= 0.6 is 0 Å². The van der Waals surface area contributed by atoms with Crippen LogP contribution in [0.15, 0.2) is 18.2 Å². The van der Waals surface area contributed by atoms with Gasteiger partial charge in [-0.05, 0) is 60.0 Å². The van der Waals surface area contributed by atoms with E-state index in [2.05, 4.69) is 44.2 Å². The fourth-order valence-corrected chi connectivity index (χ4v) is 2.82. The minimum Gasteiger partial charge on any atom is -0.491 e. The van der Waals surface area contributed by atoms with E-state index in [0.717, 1.165) is 31.0 Å². The van der Waals surface area contributed by atoms with Crippen molar-refractivity contribution in [3.05, 3.63) is 23.8 Å². The maximum Gasteiger partial charge on any atom is 0.125 e.